The van der Waals surface area contributed by atoms with Gasteiger partial charge in [0.1, 0.15) is 0 Å². The van der Waals surface area contributed by atoms with Gasteiger partial charge in [0.05, 0.1) is 18.8 Å². The molecule has 2 aliphatic heterocycles. The number of rotatable bonds is 4. The van der Waals surface area contributed by atoms with Crippen molar-refractivity contribution >= 4 is 5.57 Å². The van der Waals surface area contributed by atoms with Crippen LogP contribution in [-0.2, 0) is 16.9 Å². The lowest BCUT2D eigenvalue weighted by atomic mass is 9.76. The van der Waals surface area contributed by atoms with Crippen molar-refractivity contribution in [2.24, 2.45) is 0 Å². The lowest BCUT2D eigenvalue weighted by Crippen LogP contribution is -2.60. The van der Waals surface area contributed by atoms with E-state index in [0.29, 0.717) is 26.1 Å². The molecule has 136 valence electrons. The molecule has 3 nitrogen and oxygen atoms in total. The quantitative estimate of drug-likeness (QED) is 0.906. The van der Waals surface area contributed by atoms with Gasteiger partial charge in [-0.15, -0.1) is 0 Å². The van der Waals surface area contributed by atoms with Crippen LogP contribution in [0.5, 0.6) is 0 Å². The van der Waals surface area contributed by atoms with Crippen LogP contribution in [-0.4, -0.2) is 35.3 Å². The van der Waals surface area contributed by atoms with Gasteiger partial charge in [-0.2, -0.15) is 0 Å². The molecule has 2 unspecified atom stereocenters. The van der Waals surface area contributed by atoms with Gasteiger partial charge in [-0.05, 0) is 36.5 Å². The van der Waals surface area contributed by atoms with E-state index in [4.69, 9.17) is 4.74 Å². The van der Waals surface area contributed by atoms with E-state index in [1.807, 2.05) is 6.92 Å². The second-order valence-electron chi connectivity index (χ2n) is 7.80. The van der Waals surface area contributed by atoms with Gasteiger partial charge in [-0.25, -0.2) is 0 Å². The van der Waals surface area contributed by atoms with Crippen molar-refractivity contribution in [1.82, 2.24) is 4.90 Å². The van der Waals surface area contributed by atoms with E-state index in [0.717, 1.165) is 23.2 Å². The third-order valence-corrected chi connectivity index (χ3v) is 5.83. The molecular formula is C23H27NO2. The third kappa shape index (κ3) is 3.35. The Morgan fingerprint density at radius 2 is 1.69 bits per heavy atom. The third-order valence-electron chi connectivity index (χ3n) is 5.83. The Labute approximate surface area is 155 Å². The van der Waals surface area contributed by atoms with Crippen molar-refractivity contribution in [1.29, 1.82) is 0 Å². The predicted octanol–water partition coefficient (Wildman–Crippen LogP) is 3.97. The molecule has 2 saturated heterocycles. The highest BCUT2D eigenvalue weighted by Crippen LogP contribution is 2.41. The number of piperidine rings is 1. The maximum Gasteiger partial charge on any atom is 0.0928 e. The molecule has 3 heteroatoms. The van der Waals surface area contributed by atoms with E-state index in [1.165, 1.54) is 5.56 Å². The Balaban J connectivity index is 1.55. The highest BCUT2D eigenvalue weighted by atomic mass is 16.5. The second-order valence-corrected chi connectivity index (χ2v) is 7.80. The largest absolute Gasteiger partial charge is 0.385 e. The number of ether oxygens (including phenoxy) is 1. The zero-order valence-electron chi connectivity index (χ0n) is 15.4. The van der Waals surface area contributed by atoms with Gasteiger partial charge < -0.3 is 9.84 Å². The fourth-order valence-corrected chi connectivity index (χ4v) is 4.40. The average Bonchev–Trinajstić information content (AvgIpc) is 2.64. The van der Waals surface area contributed by atoms with E-state index in [1.54, 1.807) is 0 Å². The highest BCUT2D eigenvalue weighted by molar-refractivity contribution is 5.61. The summed E-state index contributed by atoms with van der Waals surface area (Å²) in [4.78, 5) is 2.52. The molecule has 2 heterocycles. The van der Waals surface area contributed by atoms with Crippen molar-refractivity contribution in [3.05, 3.63) is 77.9 Å². The summed E-state index contributed by atoms with van der Waals surface area (Å²) in [5, 5.41) is 11.5. The van der Waals surface area contributed by atoms with Gasteiger partial charge in [0.2, 0.25) is 0 Å². The topological polar surface area (TPSA) is 32.7 Å². The van der Waals surface area contributed by atoms with Crippen LogP contribution in [0, 0.1) is 0 Å². The van der Waals surface area contributed by atoms with Crippen LogP contribution in [0.4, 0.5) is 0 Å². The van der Waals surface area contributed by atoms with E-state index < -0.39 is 5.60 Å². The van der Waals surface area contributed by atoms with Gasteiger partial charge in [-0.1, -0.05) is 66.7 Å². The summed E-state index contributed by atoms with van der Waals surface area (Å²) in [5.41, 5.74) is 3.73. The normalized spacial score (nSPS) is 28.7. The Morgan fingerprint density at radius 3 is 2.27 bits per heavy atom. The minimum absolute atomic E-state index is 0.244. The van der Waals surface area contributed by atoms with Crippen molar-refractivity contribution in [2.75, 3.05) is 13.2 Å². The lowest BCUT2D eigenvalue weighted by Gasteiger charge is -2.52. The van der Waals surface area contributed by atoms with Crippen LogP contribution in [0.25, 0.3) is 5.57 Å². The maximum atomic E-state index is 11.5. The summed E-state index contributed by atoms with van der Waals surface area (Å²) in [5.74, 6) is 0. The van der Waals surface area contributed by atoms with Gasteiger partial charge >= 0.3 is 0 Å². The van der Waals surface area contributed by atoms with Crippen LogP contribution < -0.4 is 0 Å². The first-order valence-corrected chi connectivity index (χ1v) is 9.41. The molecule has 0 spiro atoms. The monoisotopic (exact) mass is 349 g/mol. The SMILES string of the molecule is C=C(C)c1ccc(C2(O)CC3COCC(C2)N3Cc2ccccc2)cc1. The van der Waals surface area contributed by atoms with Gasteiger partial charge in [0, 0.05) is 18.6 Å². The molecule has 4 rings (SSSR count). The second kappa shape index (κ2) is 6.99. The van der Waals surface area contributed by atoms with E-state index in [-0.39, 0.29) is 12.1 Å². The summed E-state index contributed by atoms with van der Waals surface area (Å²) < 4.78 is 5.82. The number of hydrogen-bond acceptors (Lipinski definition) is 3. The van der Waals surface area contributed by atoms with E-state index in [2.05, 4.69) is 66.1 Å². The molecular weight excluding hydrogens is 322 g/mol. The molecule has 2 bridgehead atoms. The number of allylic oxidation sites excluding steroid dienone is 1. The lowest BCUT2D eigenvalue weighted by molar-refractivity contribution is -0.149. The number of morpholine rings is 1. The first kappa shape index (κ1) is 17.5. The fourth-order valence-electron chi connectivity index (χ4n) is 4.40. The Kier molecular flexibility index (Phi) is 4.70. The van der Waals surface area contributed by atoms with Crippen LogP contribution >= 0.6 is 0 Å². The van der Waals surface area contributed by atoms with Gasteiger partial charge in [0.25, 0.3) is 0 Å². The standard InChI is InChI=1S/C23H27NO2/c1-17(2)19-8-10-20(11-9-19)23(25)12-21-15-26-16-22(13-23)24(21)14-18-6-4-3-5-7-18/h3-11,21-22,25H,1,12-16H2,2H3. The van der Waals surface area contributed by atoms with Crippen molar-refractivity contribution in [2.45, 2.75) is 44.0 Å². The predicted molar refractivity (Wildman–Crippen MR) is 105 cm³/mol. The van der Waals surface area contributed by atoms with E-state index in [9.17, 15) is 5.11 Å². The minimum Gasteiger partial charge on any atom is -0.385 e. The number of nitrogens with zero attached hydrogens (tertiary/aromatic N) is 1. The minimum atomic E-state index is -0.778. The summed E-state index contributed by atoms with van der Waals surface area (Å²) in [6.45, 7) is 8.30. The fraction of sp³-hybridized carbons (Fsp3) is 0.391. The molecule has 2 aromatic rings. The molecule has 0 amide bonds. The van der Waals surface area contributed by atoms with E-state index >= 15 is 0 Å². The molecule has 2 atom stereocenters. The van der Waals surface area contributed by atoms with Crippen molar-refractivity contribution < 1.29 is 9.84 Å². The Bertz CT molecular complexity index is 755. The number of aliphatic hydroxyl groups is 1. The maximum absolute atomic E-state index is 11.5. The van der Waals surface area contributed by atoms with Crippen LogP contribution in [0.3, 0.4) is 0 Å². The Morgan fingerprint density at radius 1 is 1.08 bits per heavy atom. The summed E-state index contributed by atoms with van der Waals surface area (Å²) in [7, 11) is 0. The average molecular weight is 349 g/mol. The summed E-state index contributed by atoms with van der Waals surface area (Å²) in [6, 6.07) is 19.3. The highest BCUT2D eigenvalue weighted by Gasteiger charge is 2.46. The van der Waals surface area contributed by atoms with Gasteiger partial charge in [0.15, 0.2) is 0 Å². The van der Waals surface area contributed by atoms with Crippen LogP contribution in [0.2, 0.25) is 0 Å². The number of benzene rings is 2. The van der Waals surface area contributed by atoms with Crippen LogP contribution in [0.15, 0.2) is 61.2 Å². The smallest absolute Gasteiger partial charge is 0.0928 e. The molecule has 2 aliphatic rings. The first-order valence-electron chi connectivity index (χ1n) is 9.41. The summed E-state index contributed by atoms with van der Waals surface area (Å²) in [6.07, 6.45) is 1.42. The van der Waals surface area contributed by atoms with Crippen molar-refractivity contribution in [3.8, 4) is 0 Å². The van der Waals surface area contributed by atoms with Crippen LogP contribution in [0.1, 0.15) is 36.5 Å². The number of fused-ring (bicyclic) bond motifs is 2. The molecule has 0 saturated carbocycles. The number of hydrogen-bond donors (Lipinski definition) is 1. The zero-order chi connectivity index (χ0) is 18.1. The molecule has 26 heavy (non-hydrogen) atoms. The first-order chi connectivity index (χ1) is 12.5. The molecule has 2 fully saturated rings. The van der Waals surface area contributed by atoms with Gasteiger partial charge in [-0.3, -0.25) is 4.90 Å². The summed E-state index contributed by atoms with van der Waals surface area (Å²) >= 11 is 0. The molecule has 0 aliphatic carbocycles. The zero-order valence-corrected chi connectivity index (χ0v) is 15.4. The molecule has 0 aromatic heterocycles. The molecule has 1 N–H and O–H groups in total. The van der Waals surface area contributed by atoms with Crippen molar-refractivity contribution in [3.63, 3.8) is 0 Å². The molecule has 2 aromatic carbocycles. The molecule has 0 radical (unpaired) electrons. The Hall–Kier alpha value is -1.94.